The molecule has 0 aromatic heterocycles. The van der Waals surface area contributed by atoms with Gasteiger partial charge in [-0.1, -0.05) is 12.1 Å². The van der Waals surface area contributed by atoms with Crippen LogP contribution in [0.25, 0.3) is 6.08 Å². The zero-order chi connectivity index (χ0) is 21.7. The second kappa shape index (κ2) is 9.76. The van der Waals surface area contributed by atoms with Crippen LogP contribution in [-0.4, -0.2) is 45.2 Å². The van der Waals surface area contributed by atoms with Crippen LogP contribution in [0.3, 0.4) is 0 Å². The van der Waals surface area contributed by atoms with Crippen molar-refractivity contribution in [2.24, 2.45) is 0 Å². The van der Waals surface area contributed by atoms with Crippen molar-refractivity contribution >= 4 is 23.4 Å². The van der Waals surface area contributed by atoms with Crippen molar-refractivity contribution in [3.63, 3.8) is 0 Å². The molecule has 1 heterocycles. The molecular weight excluding hydrogens is 381 g/mol. The maximum atomic E-state index is 14.7. The summed E-state index contributed by atoms with van der Waals surface area (Å²) in [6.45, 7) is 5.55. The smallest absolute Gasteiger partial charge is 0.250 e. The van der Waals surface area contributed by atoms with Crippen LogP contribution in [0.5, 0.6) is 5.75 Å². The molecule has 160 valence electrons. The van der Waals surface area contributed by atoms with E-state index in [1.54, 1.807) is 25.3 Å². The highest BCUT2D eigenvalue weighted by atomic mass is 19.1. The normalized spacial score (nSPS) is 16.5. The number of hydrogen-bond donors (Lipinski definition) is 1. The predicted molar refractivity (Wildman–Crippen MR) is 121 cm³/mol. The number of carbonyl (C=O) groups is 1. The Kier molecular flexibility index (Phi) is 7.11. The summed E-state index contributed by atoms with van der Waals surface area (Å²) in [7, 11) is 3.57. The summed E-state index contributed by atoms with van der Waals surface area (Å²) in [4.78, 5) is 16.0. The predicted octanol–water partition coefficient (Wildman–Crippen LogP) is 4.09. The minimum Gasteiger partial charge on any atom is -0.491 e. The number of ether oxygens (including phenoxy) is 1. The molecule has 1 unspecified atom stereocenters. The summed E-state index contributed by atoms with van der Waals surface area (Å²) in [5, 5.41) is 3.23. The summed E-state index contributed by atoms with van der Waals surface area (Å²) < 4.78 is 20.3. The van der Waals surface area contributed by atoms with Gasteiger partial charge in [0.15, 0.2) is 0 Å². The third-order valence-corrected chi connectivity index (χ3v) is 5.26. The molecule has 2 aromatic carbocycles. The number of hydrogen-bond acceptors (Lipinski definition) is 4. The first-order valence-corrected chi connectivity index (χ1v) is 10.3. The van der Waals surface area contributed by atoms with Crippen LogP contribution in [0.2, 0.25) is 0 Å². The van der Waals surface area contributed by atoms with Gasteiger partial charge in [-0.15, -0.1) is 0 Å². The van der Waals surface area contributed by atoms with Crippen LogP contribution in [-0.2, 0) is 4.79 Å². The number of carbonyl (C=O) groups excluding carboxylic acids is 1. The Bertz CT molecular complexity index is 896. The molecule has 30 heavy (non-hydrogen) atoms. The molecule has 1 N–H and O–H groups in total. The van der Waals surface area contributed by atoms with Gasteiger partial charge in [-0.05, 0) is 69.3 Å². The van der Waals surface area contributed by atoms with Gasteiger partial charge in [-0.2, -0.15) is 0 Å². The number of benzene rings is 2. The fourth-order valence-electron chi connectivity index (χ4n) is 3.51. The van der Waals surface area contributed by atoms with E-state index in [0.717, 1.165) is 30.8 Å². The lowest BCUT2D eigenvalue weighted by molar-refractivity contribution is -0.113. The molecule has 0 saturated carbocycles. The van der Waals surface area contributed by atoms with Gasteiger partial charge < -0.3 is 19.9 Å². The van der Waals surface area contributed by atoms with Crippen LogP contribution >= 0.6 is 0 Å². The molecule has 2 aromatic rings. The highest BCUT2D eigenvalue weighted by molar-refractivity contribution is 6.03. The Morgan fingerprint density at radius 1 is 1.27 bits per heavy atom. The van der Waals surface area contributed by atoms with Gasteiger partial charge in [0.25, 0.3) is 5.91 Å². The minimum absolute atomic E-state index is 0.114. The van der Waals surface area contributed by atoms with E-state index in [1.807, 2.05) is 50.1 Å². The molecule has 1 atom stereocenters. The SMILES string of the molecule is CNC1CCN(c2ccc(N(C)C(=O)/C=C/c3ccc(OC(C)C)cc3)cc2F)C1. The highest BCUT2D eigenvalue weighted by Gasteiger charge is 2.23. The molecule has 1 fully saturated rings. The van der Waals surface area contributed by atoms with Crippen molar-refractivity contribution in [2.75, 3.05) is 37.0 Å². The third kappa shape index (κ3) is 5.39. The number of likely N-dealkylation sites (N-methyl/N-ethyl adjacent to an activating group) is 2. The molecular formula is C24H30FN3O2. The molecule has 0 spiro atoms. The summed E-state index contributed by atoms with van der Waals surface area (Å²) in [6.07, 6.45) is 4.34. The molecule has 0 radical (unpaired) electrons. The summed E-state index contributed by atoms with van der Waals surface area (Å²) >= 11 is 0. The number of anilines is 2. The average Bonchev–Trinajstić information content (AvgIpc) is 3.21. The summed E-state index contributed by atoms with van der Waals surface area (Å²) in [5.41, 5.74) is 2.00. The van der Waals surface area contributed by atoms with E-state index >= 15 is 0 Å². The highest BCUT2D eigenvalue weighted by Crippen LogP contribution is 2.27. The first-order chi connectivity index (χ1) is 14.4. The van der Waals surface area contributed by atoms with Gasteiger partial charge in [0, 0.05) is 37.9 Å². The minimum atomic E-state index is -0.311. The standard InChI is InChI=1S/C24H30FN3O2/c1-17(2)30-21-9-5-18(6-10-21)7-12-24(29)27(4)20-8-11-23(22(25)15-20)28-14-13-19(16-28)26-3/h5-12,15,17,19,26H,13-14,16H2,1-4H3/b12-7+. The number of rotatable bonds is 7. The first kappa shape index (κ1) is 21.8. The maximum Gasteiger partial charge on any atom is 0.250 e. The topological polar surface area (TPSA) is 44.8 Å². The number of amides is 1. The molecule has 0 bridgehead atoms. The Labute approximate surface area is 178 Å². The average molecular weight is 412 g/mol. The Morgan fingerprint density at radius 2 is 2.00 bits per heavy atom. The quantitative estimate of drug-likeness (QED) is 0.697. The van der Waals surface area contributed by atoms with Gasteiger partial charge in [-0.3, -0.25) is 4.79 Å². The van der Waals surface area contributed by atoms with Gasteiger partial charge in [0.05, 0.1) is 11.8 Å². The lowest BCUT2D eigenvalue weighted by Gasteiger charge is -2.21. The first-order valence-electron chi connectivity index (χ1n) is 10.3. The van der Waals surface area contributed by atoms with Crippen LogP contribution in [0, 0.1) is 5.82 Å². The van der Waals surface area contributed by atoms with E-state index in [9.17, 15) is 9.18 Å². The lowest BCUT2D eigenvalue weighted by Crippen LogP contribution is -2.30. The van der Waals surface area contributed by atoms with Crippen LogP contribution in [0.15, 0.2) is 48.5 Å². The van der Waals surface area contributed by atoms with Crippen molar-refractivity contribution in [2.45, 2.75) is 32.4 Å². The van der Waals surface area contributed by atoms with E-state index in [0.29, 0.717) is 17.4 Å². The van der Waals surface area contributed by atoms with Crippen LogP contribution < -0.4 is 19.9 Å². The second-order valence-electron chi connectivity index (χ2n) is 7.82. The van der Waals surface area contributed by atoms with E-state index in [-0.39, 0.29) is 17.8 Å². The molecule has 0 aliphatic carbocycles. The van der Waals surface area contributed by atoms with Gasteiger partial charge in [-0.25, -0.2) is 4.39 Å². The van der Waals surface area contributed by atoms with E-state index < -0.39 is 0 Å². The van der Waals surface area contributed by atoms with Gasteiger partial charge >= 0.3 is 0 Å². The van der Waals surface area contributed by atoms with Crippen LogP contribution in [0.4, 0.5) is 15.8 Å². The monoisotopic (exact) mass is 411 g/mol. The lowest BCUT2D eigenvalue weighted by atomic mass is 10.2. The second-order valence-corrected chi connectivity index (χ2v) is 7.82. The van der Waals surface area contributed by atoms with Crippen molar-refractivity contribution in [1.82, 2.24) is 5.32 Å². The molecule has 1 amide bonds. The van der Waals surface area contributed by atoms with Crippen molar-refractivity contribution < 1.29 is 13.9 Å². The van der Waals surface area contributed by atoms with Crippen molar-refractivity contribution in [3.05, 3.63) is 59.9 Å². The van der Waals surface area contributed by atoms with Gasteiger partial charge in [0.1, 0.15) is 11.6 Å². The van der Waals surface area contributed by atoms with E-state index in [1.165, 1.54) is 17.0 Å². The number of halogens is 1. The molecule has 5 nitrogen and oxygen atoms in total. The zero-order valence-electron chi connectivity index (χ0n) is 18.1. The number of nitrogens with zero attached hydrogens (tertiary/aromatic N) is 2. The molecule has 1 aliphatic rings. The summed E-state index contributed by atoms with van der Waals surface area (Å²) in [5.74, 6) is 0.259. The summed E-state index contributed by atoms with van der Waals surface area (Å²) in [6, 6.07) is 12.9. The van der Waals surface area contributed by atoms with Gasteiger partial charge in [0.2, 0.25) is 0 Å². The third-order valence-electron chi connectivity index (χ3n) is 5.26. The Morgan fingerprint density at radius 3 is 2.60 bits per heavy atom. The van der Waals surface area contributed by atoms with Crippen molar-refractivity contribution in [1.29, 1.82) is 0 Å². The number of nitrogens with one attached hydrogen (secondary N) is 1. The van der Waals surface area contributed by atoms with E-state index in [2.05, 4.69) is 5.32 Å². The van der Waals surface area contributed by atoms with Crippen molar-refractivity contribution in [3.8, 4) is 5.75 Å². The molecule has 6 heteroatoms. The maximum absolute atomic E-state index is 14.7. The Balaban J connectivity index is 1.64. The Hall–Kier alpha value is -2.86. The van der Waals surface area contributed by atoms with Crippen LogP contribution in [0.1, 0.15) is 25.8 Å². The fraction of sp³-hybridized carbons (Fsp3) is 0.375. The molecule has 3 rings (SSSR count). The van der Waals surface area contributed by atoms with E-state index in [4.69, 9.17) is 4.74 Å². The fourth-order valence-corrected chi connectivity index (χ4v) is 3.51. The molecule has 1 saturated heterocycles. The largest absolute Gasteiger partial charge is 0.491 e. The zero-order valence-corrected chi connectivity index (χ0v) is 18.1. The molecule has 1 aliphatic heterocycles.